The molecule has 1 rings (SSSR count). The van der Waals surface area contributed by atoms with Crippen LogP contribution in [0.2, 0.25) is 0 Å². The molecule has 0 heterocycles. The molecule has 0 amide bonds. The van der Waals surface area contributed by atoms with Crippen LogP contribution in [0.1, 0.15) is 23.7 Å². The van der Waals surface area contributed by atoms with E-state index in [-0.39, 0.29) is 17.9 Å². The predicted octanol–water partition coefficient (Wildman–Crippen LogP) is 3.44. The van der Waals surface area contributed by atoms with E-state index in [1.165, 1.54) is 25.3 Å². The lowest BCUT2D eigenvalue weighted by Gasteiger charge is -2.14. The highest BCUT2D eigenvalue weighted by molar-refractivity contribution is 5.98. The van der Waals surface area contributed by atoms with E-state index in [2.05, 4.69) is 4.74 Å². The molecule has 106 valence electrons. The summed E-state index contributed by atoms with van der Waals surface area (Å²) in [5, 5.41) is 0. The number of alkyl halides is 3. The Morgan fingerprint density at radius 3 is 2.53 bits per heavy atom. The van der Waals surface area contributed by atoms with Crippen LogP contribution in [-0.4, -0.2) is 25.9 Å². The van der Waals surface area contributed by atoms with Gasteiger partial charge in [-0.2, -0.15) is 0 Å². The number of carbonyl (C=O) groups excluding carboxylic acids is 1. The highest BCUT2D eigenvalue weighted by atomic mass is 19.4. The zero-order valence-corrected chi connectivity index (χ0v) is 10.7. The van der Waals surface area contributed by atoms with Gasteiger partial charge in [0.1, 0.15) is 5.75 Å². The molecule has 0 aliphatic carbocycles. The molecule has 1 aromatic carbocycles. The highest BCUT2D eigenvalue weighted by Crippen LogP contribution is 2.27. The van der Waals surface area contributed by atoms with E-state index in [4.69, 9.17) is 4.74 Å². The second-order valence-electron chi connectivity index (χ2n) is 4.23. The minimum Gasteiger partial charge on any atom is -0.405 e. The summed E-state index contributed by atoms with van der Waals surface area (Å²) in [7, 11) is 1.50. The zero-order chi connectivity index (χ0) is 14.5. The summed E-state index contributed by atoms with van der Waals surface area (Å²) in [6, 6.07) is 5.33. The summed E-state index contributed by atoms with van der Waals surface area (Å²) >= 11 is 0. The van der Waals surface area contributed by atoms with Crippen molar-refractivity contribution in [2.24, 2.45) is 5.92 Å². The molecule has 19 heavy (non-hydrogen) atoms. The first-order chi connectivity index (χ1) is 8.83. The summed E-state index contributed by atoms with van der Waals surface area (Å²) in [6.07, 6.45) is -4.71. The van der Waals surface area contributed by atoms with E-state index in [0.717, 1.165) is 6.07 Å². The Morgan fingerprint density at radius 2 is 1.95 bits per heavy atom. The Hall–Kier alpha value is -1.56. The molecule has 1 atom stereocenters. The Morgan fingerprint density at radius 1 is 1.32 bits per heavy atom. The number of ether oxygens (including phenoxy) is 2. The lowest BCUT2D eigenvalue weighted by molar-refractivity contribution is -0.274. The van der Waals surface area contributed by atoms with Crippen molar-refractivity contribution in [2.45, 2.75) is 19.7 Å². The largest absolute Gasteiger partial charge is 0.573 e. The number of ketones is 1. The van der Waals surface area contributed by atoms with Crippen LogP contribution in [0.3, 0.4) is 0 Å². The van der Waals surface area contributed by atoms with Gasteiger partial charge in [0, 0.05) is 20.1 Å². The third-order valence-corrected chi connectivity index (χ3v) is 2.40. The molecular weight excluding hydrogens is 261 g/mol. The normalized spacial score (nSPS) is 13.1. The topological polar surface area (TPSA) is 35.5 Å². The molecule has 1 unspecified atom stereocenters. The SMILES string of the molecule is COCC(C)CC(=O)c1ccccc1OC(F)(F)F. The molecule has 0 saturated carbocycles. The van der Waals surface area contributed by atoms with Crippen molar-refractivity contribution in [3.63, 3.8) is 0 Å². The fourth-order valence-electron chi connectivity index (χ4n) is 1.68. The summed E-state index contributed by atoms with van der Waals surface area (Å²) in [6.45, 7) is 2.16. The molecule has 0 aliphatic rings. The van der Waals surface area contributed by atoms with Gasteiger partial charge in [-0.15, -0.1) is 13.2 Å². The second kappa shape index (κ2) is 6.56. The number of halogens is 3. The Kier molecular flexibility index (Phi) is 5.35. The second-order valence-corrected chi connectivity index (χ2v) is 4.23. The summed E-state index contributed by atoms with van der Waals surface area (Å²) in [5.41, 5.74) is -0.0669. The minimum atomic E-state index is -4.81. The first kappa shape index (κ1) is 15.5. The van der Waals surface area contributed by atoms with Crippen molar-refractivity contribution in [2.75, 3.05) is 13.7 Å². The Labute approximate surface area is 109 Å². The van der Waals surface area contributed by atoms with E-state index in [9.17, 15) is 18.0 Å². The molecule has 0 radical (unpaired) electrons. The average Bonchev–Trinajstić information content (AvgIpc) is 2.27. The van der Waals surface area contributed by atoms with Gasteiger partial charge in [0.15, 0.2) is 5.78 Å². The first-order valence-corrected chi connectivity index (χ1v) is 5.70. The smallest absolute Gasteiger partial charge is 0.405 e. The van der Waals surface area contributed by atoms with Crippen molar-refractivity contribution in [1.29, 1.82) is 0 Å². The number of carbonyl (C=O) groups is 1. The van der Waals surface area contributed by atoms with E-state index >= 15 is 0 Å². The van der Waals surface area contributed by atoms with Gasteiger partial charge < -0.3 is 9.47 Å². The molecule has 0 aromatic heterocycles. The van der Waals surface area contributed by atoms with Crippen LogP contribution < -0.4 is 4.74 Å². The maximum Gasteiger partial charge on any atom is 0.573 e. The maximum absolute atomic E-state index is 12.2. The van der Waals surface area contributed by atoms with Crippen LogP contribution in [0.25, 0.3) is 0 Å². The van der Waals surface area contributed by atoms with Crippen LogP contribution in [0.4, 0.5) is 13.2 Å². The van der Waals surface area contributed by atoms with E-state index in [1.807, 2.05) is 0 Å². The lowest BCUT2D eigenvalue weighted by Crippen LogP contribution is -2.19. The number of rotatable bonds is 6. The van der Waals surface area contributed by atoms with Crippen molar-refractivity contribution in [3.8, 4) is 5.75 Å². The monoisotopic (exact) mass is 276 g/mol. The molecule has 0 N–H and O–H groups in total. The van der Waals surface area contributed by atoms with Gasteiger partial charge in [-0.25, -0.2) is 0 Å². The fourth-order valence-corrected chi connectivity index (χ4v) is 1.68. The van der Waals surface area contributed by atoms with Crippen LogP contribution in [0, 0.1) is 5.92 Å². The van der Waals surface area contributed by atoms with Crippen LogP contribution in [0.15, 0.2) is 24.3 Å². The van der Waals surface area contributed by atoms with Crippen molar-refractivity contribution in [3.05, 3.63) is 29.8 Å². The standard InChI is InChI=1S/C13H15F3O3/c1-9(8-18-2)7-11(17)10-5-3-4-6-12(10)19-13(14,15)16/h3-6,9H,7-8H2,1-2H3. The molecule has 6 heteroatoms. The number of Topliss-reactive ketones (excluding diaryl/α,β-unsaturated/α-hetero) is 1. The fraction of sp³-hybridized carbons (Fsp3) is 0.462. The molecule has 0 saturated heterocycles. The maximum atomic E-state index is 12.2. The number of para-hydroxylation sites is 1. The van der Waals surface area contributed by atoms with Gasteiger partial charge in [0.2, 0.25) is 0 Å². The number of methoxy groups -OCH3 is 1. The van der Waals surface area contributed by atoms with Crippen molar-refractivity contribution < 1.29 is 27.4 Å². The molecule has 0 bridgehead atoms. The molecule has 3 nitrogen and oxygen atoms in total. The molecule has 0 spiro atoms. The van der Waals surface area contributed by atoms with Gasteiger partial charge in [-0.3, -0.25) is 4.79 Å². The summed E-state index contributed by atoms with van der Waals surface area (Å²) in [4.78, 5) is 11.9. The third kappa shape index (κ3) is 5.30. The Bertz CT molecular complexity index is 429. The van der Waals surface area contributed by atoms with E-state index in [0.29, 0.717) is 6.61 Å². The van der Waals surface area contributed by atoms with Crippen molar-refractivity contribution >= 4 is 5.78 Å². The van der Waals surface area contributed by atoms with Gasteiger partial charge >= 0.3 is 6.36 Å². The van der Waals surface area contributed by atoms with E-state index in [1.54, 1.807) is 6.92 Å². The van der Waals surface area contributed by atoms with Crippen LogP contribution in [-0.2, 0) is 4.74 Å². The highest BCUT2D eigenvalue weighted by Gasteiger charge is 2.32. The van der Waals surface area contributed by atoms with Crippen molar-refractivity contribution in [1.82, 2.24) is 0 Å². The number of hydrogen-bond acceptors (Lipinski definition) is 3. The lowest BCUT2D eigenvalue weighted by atomic mass is 10.00. The molecule has 0 aliphatic heterocycles. The average molecular weight is 276 g/mol. The minimum absolute atomic E-state index is 0.0669. The summed E-state index contributed by atoms with van der Waals surface area (Å²) < 4.78 is 45.4. The van der Waals surface area contributed by atoms with Gasteiger partial charge in [-0.1, -0.05) is 19.1 Å². The van der Waals surface area contributed by atoms with Gasteiger partial charge in [-0.05, 0) is 18.1 Å². The number of benzene rings is 1. The van der Waals surface area contributed by atoms with Crippen LogP contribution in [0.5, 0.6) is 5.75 Å². The van der Waals surface area contributed by atoms with Crippen LogP contribution >= 0.6 is 0 Å². The predicted molar refractivity (Wildman–Crippen MR) is 63.1 cm³/mol. The van der Waals surface area contributed by atoms with Gasteiger partial charge in [0.05, 0.1) is 5.56 Å². The Balaban J connectivity index is 2.85. The van der Waals surface area contributed by atoms with E-state index < -0.39 is 17.9 Å². The molecular formula is C13H15F3O3. The van der Waals surface area contributed by atoms with Gasteiger partial charge in [0.25, 0.3) is 0 Å². The third-order valence-electron chi connectivity index (χ3n) is 2.40. The quantitative estimate of drug-likeness (QED) is 0.747. The first-order valence-electron chi connectivity index (χ1n) is 5.70. The number of hydrogen-bond donors (Lipinski definition) is 0. The molecule has 0 fully saturated rings. The summed E-state index contributed by atoms with van der Waals surface area (Å²) in [5.74, 6) is -0.939. The molecule has 1 aromatic rings. The zero-order valence-electron chi connectivity index (χ0n) is 10.7.